The third kappa shape index (κ3) is 1.18. The standard InChI is InChI=1S/C10H9NO2/c1-6-2-3-9-7(4-6)8(5-11-9)10(12)13/h2-5,11H,1H3,(H,12,13)/p-1. The van der Waals surface area contributed by atoms with Crippen LogP contribution in [-0.2, 0) is 0 Å². The van der Waals surface area contributed by atoms with Crippen molar-refractivity contribution in [2.45, 2.75) is 6.92 Å². The van der Waals surface area contributed by atoms with Gasteiger partial charge in [0.05, 0.1) is 5.97 Å². The van der Waals surface area contributed by atoms with E-state index in [0.717, 1.165) is 11.1 Å². The zero-order valence-corrected chi connectivity index (χ0v) is 7.13. The number of hydrogen-bond acceptors (Lipinski definition) is 2. The van der Waals surface area contributed by atoms with Crippen LogP contribution in [-0.4, -0.2) is 11.0 Å². The monoisotopic (exact) mass is 174 g/mol. The normalized spacial score (nSPS) is 10.5. The molecule has 0 amide bonds. The number of hydrogen-bond donors (Lipinski definition) is 1. The molecule has 66 valence electrons. The topological polar surface area (TPSA) is 55.9 Å². The highest BCUT2D eigenvalue weighted by Gasteiger charge is 2.03. The molecule has 2 aromatic rings. The summed E-state index contributed by atoms with van der Waals surface area (Å²) in [5, 5.41) is 11.4. The highest BCUT2D eigenvalue weighted by Crippen LogP contribution is 2.18. The van der Waals surface area contributed by atoms with E-state index < -0.39 is 5.97 Å². The molecule has 0 saturated heterocycles. The van der Waals surface area contributed by atoms with Gasteiger partial charge in [-0.15, -0.1) is 0 Å². The second-order valence-corrected chi connectivity index (χ2v) is 3.04. The van der Waals surface area contributed by atoms with Crippen molar-refractivity contribution < 1.29 is 9.90 Å². The molecule has 3 nitrogen and oxygen atoms in total. The maximum atomic E-state index is 10.7. The van der Waals surface area contributed by atoms with Crippen molar-refractivity contribution >= 4 is 16.9 Å². The van der Waals surface area contributed by atoms with E-state index >= 15 is 0 Å². The van der Waals surface area contributed by atoms with Crippen LogP contribution in [0.4, 0.5) is 0 Å². The van der Waals surface area contributed by atoms with E-state index in [-0.39, 0.29) is 5.56 Å². The van der Waals surface area contributed by atoms with Gasteiger partial charge in [-0.25, -0.2) is 0 Å². The van der Waals surface area contributed by atoms with Crippen molar-refractivity contribution in [2.24, 2.45) is 0 Å². The van der Waals surface area contributed by atoms with Gasteiger partial charge in [0.1, 0.15) is 0 Å². The maximum Gasteiger partial charge on any atom is 0.0736 e. The Morgan fingerprint density at radius 2 is 2.23 bits per heavy atom. The molecule has 0 unspecified atom stereocenters. The van der Waals surface area contributed by atoms with Crippen LogP contribution >= 0.6 is 0 Å². The molecular weight excluding hydrogens is 166 g/mol. The lowest BCUT2D eigenvalue weighted by Crippen LogP contribution is -2.21. The minimum Gasteiger partial charge on any atom is -0.545 e. The fraction of sp³-hybridized carbons (Fsp3) is 0.100. The first-order valence-corrected chi connectivity index (χ1v) is 3.97. The summed E-state index contributed by atoms with van der Waals surface area (Å²) in [6.07, 6.45) is 1.46. The van der Waals surface area contributed by atoms with Crippen LogP contribution in [0.25, 0.3) is 10.9 Å². The van der Waals surface area contributed by atoms with Crippen LogP contribution in [0.2, 0.25) is 0 Å². The largest absolute Gasteiger partial charge is 0.545 e. The first-order chi connectivity index (χ1) is 6.18. The van der Waals surface area contributed by atoms with Crippen LogP contribution in [0, 0.1) is 6.92 Å². The van der Waals surface area contributed by atoms with E-state index in [1.54, 1.807) is 0 Å². The van der Waals surface area contributed by atoms with Crippen molar-refractivity contribution in [2.75, 3.05) is 0 Å². The van der Waals surface area contributed by atoms with Gasteiger partial charge in [-0.2, -0.15) is 0 Å². The van der Waals surface area contributed by atoms with E-state index in [1.165, 1.54) is 6.20 Å². The van der Waals surface area contributed by atoms with Gasteiger partial charge in [0.25, 0.3) is 0 Å². The third-order valence-electron chi connectivity index (χ3n) is 2.06. The lowest BCUT2D eigenvalue weighted by atomic mass is 10.1. The van der Waals surface area contributed by atoms with E-state index in [0.29, 0.717) is 5.39 Å². The van der Waals surface area contributed by atoms with Gasteiger partial charge in [0.15, 0.2) is 0 Å². The molecule has 0 bridgehead atoms. The van der Waals surface area contributed by atoms with Gasteiger partial charge in [-0.3, -0.25) is 0 Å². The number of aromatic nitrogens is 1. The predicted molar refractivity (Wildman–Crippen MR) is 47.4 cm³/mol. The highest BCUT2D eigenvalue weighted by atomic mass is 16.4. The third-order valence-corrected chi connectivity index (χ3v) is 2.06. The van der Waals surface area contributed by atoms with E-state index in [1.807, 2.05) is 25.1 Å². The molecule has 0 aliphatic heterocycles. The summed E-state index contributed by atoms with van der Waals surface area (Å²) in [4.78, 5) is 13.5. The molecule has 0 radical (unpaired) electrons. The second kappa shape index (κ2) is 2.62. The van der Waals surface area contributed by atoms with Crippen molar-refractivity contribution in [1.82, 2.24) is 4.98 Å². The first-order valence-electron chi connectivity index (χ1n) is 3.97. The lowest BCUT2D eigenvalue weighted by Gasteiger charge is -1.99. The second-order valence-electron chi connectivity index (χ2n) is 3.04. The summed E-state index contributed by atoms with van der Waals surface area (Å²) in [6.45, 7) is 1.92. The molecule has 2 rings (SSSR count). The molecule has 0 spiro atoms. The van der Waals surface area contributed by atoms with Crippen LogP contribution in [0.3, 0.4) is 0 Å². The van der Waals surface area contributed by atoms with Crippen molar-refractivity contribution in [3.8, 4) is 0 Å². The summed E-state index contributed by atoms with van der Waals surface area (Å²) in [5.41, 5.74) is 2.08. The fourth-order valence-electron chi connectivity index (χ4n) is 1.40. The summed E-state index contributed by atoms with van der Waals surface area (Å²) in [6, 6.07) is 5.62. The van der Waals surface area contributed by atoms with Crippen LogP contribution in [0.1, 0.15) is 15.9 Å². The molecular formula is C10H8NO2-. The number of rotatable bonds is 1. The number of H-pyrrole nitrogens is 1. The SMILES string of the molecule is Cc1ccc2[nH]cc(C(=O)[O-])c2c1. The number of carbonyl (C=O) groups excluding carboxylic acids is 1. The Morgan fingerprint density at radius 1 is 1.46 bits per heavy atom. The van der Waals surface area contributed by atoms with Gasteiger partial charge < -0.3 is 14.9 Å². The lowest BCUT2D eigenvalue weighted by molar-refractivity contribution is -0.254. The van der Waals surface area contributed by atoms with Crippen molar-refractivity contribution in [1.29, 1.82) is 0 Å². The Bertz CT molecular complexity index is 471. The van der Waals surface area contributed by atoms with Crippen LogP contribution < -0.4 is 5.11 Å². The Balaban J connectivity index is 2.79. The molecule has 13 heavy (non-hydrogen) atoms. The molecule has 3 heteroatoms. The Hall–Kier alpha value is -1.77. The summed E-state index contributed by atoms with van der Waals surface area (Å²) < 4.78 is 0. The van der Waals surface area contributed by atoms with Crippen LogP contribution in [0.5, 0.6) is 0 Å². The molecule has 0 atom stereocenters. The number of aromatic amines is 1. The zero-order valence-electron chi connectivity index (χ0n) is 7.13. The number of aryl methyl sites for hydroxylation is 1. The molecule has 1 N–H and O–H groups in total. The fourth-order valence-corrected chi connectivity index (χ4v) is 1.40. The number of fused-ring (bicyclic) bond motifs is 1. The number of carboxylic acids is 1. The van der Waals surface area contributed by atoms with Crippen LogP contribution in [0.15, 0.2) is 24.4 Å². The zero-order chi connectivity index (χ0) is 9.42. The number of carbonyl (C=O) groups is 1. The first kappa shape index (κ1) is 7.86. The van der Waals surface area contributed by atoms with E-state index in [9.17, 15) is 9.90 Å². The van der Waals surface area contributed by atoms with Crippen molar-refractivity contribution in [3.05, 3.63) is 35.5 Å². The van der Waals surface area contributed by atoms with Gasteiger partial charge in [0.2, 0.25) is 0 Å². The van der Waals surface area contributed by atoms with E-state index in [4.69, 9.17) is 0 Å². The van der Waals surface area contributed by atoms with Gasteiger partial charge in [0, 0.05) is 22.7 Å². The van der Waals surface area contributed by atoms with Crippen molar-refractivity contribution in [3.63, 3.8) is 0 Å². The summed E-state index contributed by atoms with van der Waals surface area (Å²) >= 11 is 0. The predicted octanol–water partition coefficient (Wildman–Crippen LogP) is 0.840. The minimum absolute atomic E-state index is 0.221. The Morgan fingerprint density at radius 3 is 2.92 bits per heavy atom. The van der Waals surface area contributed by atoms with Gasteiger partial charge in [-0.1, -0.05) is 11.6 Å². The number of benzene rings is 1. The maximum absolute atomic E-state index is 10.7. The average molecular weight is 174 g/mol. The Labute approximate surface area is 75.0 Å². The molecule has 1 heterocycles. The quantitative estimate of drug-likeness (QED) is 0.696. The van der Waals surface area contributed by atoms with Gasteiger partial charge in [-0.05, 0) is 19.1 Å². The summed E-state index contributed by atoms with van der Waals surface area (Å²) in [7, 11) is 0. The molecule has 0 aliphatic rings. The molecule has 1 aromatic heterocycles. The van der Waals surface area contributed by atoms with E-state index in [2.05, 4.69) is 4.98 Å². The molecule has 0 fully saturated rings. The molecule has 1 aromatic carbocycles. The number of nitrogens with one attached hydrogen (secondary N) is 1. The number of carboxylic acid groups (broad SMARTS) is 1. The smallest absolute Gasteiger partial charge is 0.0736 e. The molecule has 0 saturated carbocycles. The minimum atomic E-state index is -1.14. The summed E-state index contributed by atoms with van der Waals surface area (Å²) in [5.74, 6) is -1.14. The van der Waals surface area contributed by atoms with Gasteiger partial charge >= 0.3 is 0 Å². The Kier molecular flexibility index (Phi) is 1.59. The highest BCUT2D eigenvalue weighted by molar-refractivity contribution is 6.02. The average Bonchev–Trinajstić information content (AvgIpc) is 2.46. The molecule has 0 aliphatic carbocycles. The number of aromatic carboxylic acids is 1.